The quantitative estimate of drug-likeness (QED) is 0.603. The van der Waals surface area contributed by atoms with Crippen LogP contribution >= 0.6 is 0 Å². The Balaban J connectivity index is 1.45. The third-order valence-corrected chi connectivity index (χ3v) is 5.84. The standard InChI is InChI=1S/C23H27N7O/c1-3-30-8-6-16(7-9-30)10-17-4-5-19(21(11-17)31-2)20-12-22(29-28-20)27-23-15-25-18(13-24)14-26-23/h4-5,11-12,14-16H,3,6-10H2,1-2H3,(H2,26,27,28,29). The monoisotopic (exact) mass is 417 g/mol. The number of piperidine rings is 1. The summed E-state index contributed by atoms with van der Waals surface area (Å²) in [5.41, 5.74) is 3.39. The number of aromatic nitrogens is 4. The van der Waals surface area contributed by atoms with Crippen LogP contribution in [-0.4, -0.2) is 51.8 Å². The smallest absolute Gasteiger partial charge is 0.158 e. The normalized spacial score (nSPS) is 14.9. The molecule has 1 saturated heterocycles. The van der Waals surface area contributed by atoms with Crippen molar-refractivity contribution in [1.82, 2.24) is 25.1 Å². The molecule has 0 radical (unpaired) electrons. The molecule has 1 aliphatic heterocycles. The summed E-state index contributed by atoms with van der Waals surface area (Å²) in [5.74, 6) is 2.70. The molecule has 31 heavy (non-hydrogen) atoms. The summed E-state index contributed by atoms with van der Waals surface area (Å²) in [6.07, 6.45) is 6.52. The maximum atomic E-state index is 8.83. The molecule has 3 aromatic rings. The molecule has 0 bridgehead atoms. The molecule has 1 aliphatic rings. The van der Waals surface area contributed by atoms with Gasteiger partial charge in [-0.1, -0.05) is 13.0 Å². The second-order valence-electron chi connectivity index (χ2n) is 7.81. The van der Waals surface area contributed by atoms with E-state index in [4.69, 9.17) is 10.00 Å². The summed E-state index contributed by atoms with van der Waals surface area (Å²) < 4.78 is 5.69. The summed E-state index contributed by atoms with van der Waals surface area (Å²) in [7, 11) is 1.70. The van der Waals surface area contributed by atoms with E-state index in [2.05, 4.69) is 55.5 Å². The highest BCUT2D eigenvalue weighted by molar-refractivity contribution is 5.71. The first-order valence-electron chi connectivity index (χ1n) is 10.6. The van der Waals surface area contributed by atoms with Crippen LogP contribution in [0.15, 0.2) is 36.7 Å². The van der Waals surface area contributed by atoms with Crippen LogP contribution in [0.1, 0.15) is 31.0 Å². The number of ether oxygens (including phenoxy) is 1. The Hall–Kier alpha value is -3.44. The number of hydrogen-bond acceptors (Lipinski definition) is 7. The molecule has 2 aromatic heterocycles. The van der Waals surface area contributed by atoms with Gasteiger partial charge in [-0.25, -0.2) is 9.97 Å². The lowest BCUT2D eigenvalue weighted by atomic mass is 9.89. The van der Waals surface area contributed by atoms with E-state index in [-0.39, 0.29) is 5.69 Å². The number of anilines is 2. The molecule has 8 nitrogen and oxygen atoms in total. The predicted octanol–water partition coefficient (Wildman–Crippen LogP) is 3.76. The zero-order valence-electron chi connectivity index (χ0n) is 17.9. The van der Waals surface area contributed by atoms with E-state index in [9.17, 15) is 0 Å². The van der Waals surface area contributed by atoms with E-state index in [0.717, 1.165) is 35.9 Å². The number of rotatable bonds is 7. The average molecular weight is 418 g/mol. The van der Waals surface area contributed by atoms with E-state index >= 15 is 0 Å². The van der Waals surface area contributed by atoms with Crippen LogP contribution in [0.3, 0.4) is 0 Å². The first-order valence-corrected chi connectivity index (χ1v) is 10.6. The van der Waals surface area contributed by atoms with Crippen molar-refractivity contribution in [2.45, 2.75) is 26.2 Å². The molecule has 3 heterocycles. The van der Waals surface area contributed by atoms with Crippen LogP contribution in [-0.2, 0) is 6.42 Å². The minimum Gasteiger partial charge on any atom is -0.496 e. The number of methoxy groups -OCH3 is 1. The Bertz CT molecular complexity index is 1050. The van der Waals surface area contributed by atoms with Gasteiger partial charge in [0.05, 0.1) is 25.2 Å². The van der Waals surface area contributed by atoms with Crippen LogP contribution in [0.4, 0.5) is 11.6 Å². The van der Waals surface area contributed by atoms with Gasteiger partial charge in [-0.05, 0) is 62.5 Å². The highest BCUT2D eigenvalue weighted by Crippen LogP contribution is 2.32. The van der Waals surface area contributed by atoms with Crippen molar-refractivity contribution in [2.24, 2.45) is 5.92 Å². The molecule has 1 aromatic carbocycles. The minimum absolute atomic E-state index is 0.272. The maximum absolute atomic E-state index is 8.83. The lowest BCUT2D eigenvalue weighted by Crippen LogP contribution is -2.34. The first kappa shape index (κ1) is 20.8. The molecule has 160 valence electrons. The highest BCUT2D eigenvalue weighted by Gasteiger charge is 2.19. The Morgan fingerprint density at radius 2 is 2.03 bits per heavy atom. The molecule has 1 fully saturated rings. The lowest BCUT2D eigenvalue weighted by molar-refractivity contribution is 0.192. The molecular weight excluding hydrogens is 390 g/mol. The zero-order chi connectivity index (χ0) is 21.6. The molecule has 0 aliphatic carbocycles. The summed E-state index contributed by atoms with van der Waals surface area (Å²) in [4.78, 5) is 10.7. The molecule has 0 unspecified atom stereocenters. The molecule has 2 N–H and O–H groups in total. The fourth-order valence-electron chi connectivity index (χ4n) is 4.03. The lowest BCUT2D eigenvalue weighted by Gasteiger charge is -2.31. The Morgan fingerprint density at radius 3 is 2.71 bits per heavy atom. The number of benzene rings is 1. The number of nitrogens with one attached hydrogen (secondary N) is 2. The van der Waals surface area contributed by atoms with E-state index < -0.39 is 0 Å². The summed E-state index contributed by atoms with van der Waals surface area (Å²) in [5, 5.41) is 19.3. The highest BCUT2D eigenvalue weighted by atomic mass is 16.5. The third kappa shape index (κ3) is 5.01. The van der Waals surface area contributed by atoms with Crippen molar-refractivity contribution in [3.8, 4) is 23.1 Å². The van der Waals surface area contributed by atoms with Crippen LogP contribution < -0.4 is 10.1 Å². The van der Waals surface area contributed by atoms with Crippen molar-refractivity contribution >= 4 is 11.6 Å². The first-order chi connectivity index (χ1) is 15.2. The van der Waals surface area contributed by atoms with E-state index in [1.54, 1.807) is 7.11 Å². The fourth-order valence-corrected chi connectivity index (χ4v) is 4.03. The van der Waals surface area contributed by atoms with Crippen molar-refractivity contribution in [3.05, 3.63) is 47.9 Å². The molecule has 0 saturated carbocycles. The maximum Gasteiger partial charge on any atom is 0.158 e. The molecule has 0 amide bonds. The zero-order valence-corrected chi connectivity index (χ0v) is 17.9. The van der Waals surface area contributed by atoms with Gasteiger partial charge in [0.25, 0.3) is 0 Å². The molecule has 4 rings (SSSR count). The number of H-pyrrole nitrogens is 1. The number of aromatic amines is 1. The summed E-state index contributed by atoms with van der Waals surface area (Å²) in [6.45, 7) is 5.78. The Morgan fingerprint density at radius 1 is 1.19 bits per heavy atom. The van der Waals surface area contributed by atoms with Gasteiger partial charge in [-0.3, -0.25) is 5.10 Å². The van der Waals surface area contributed by atoms with Gasteiger partial charge in [0.15, 0.2) is 11.5 Å². The third-order valence-electron chi connectivity index (χ3n) is 5.84. The van der Waals surface area contributed by atoms with Gasteiger partial charge in [0.2, 0.25) is 0 Å². The second kappa shape index (κ2) is 9.58. The van der Waals surface area contributed by atoms with Gasteiger partial charge >= 0.3 is 0 Å². The van der Waals surface area contributed by atoms with Gasteiger partial charge in [-0.15, -0.1) is 0 Å². The predicted molar refractivity (Wildman–Crippen MR) is 119 cm³/mol. The van der Waals surface area contributed by atoms with Crippen LogP contribution in [0.5, 0.6) is 5.75 Å². The van der Waals surface area contributed by atoms with Crippen molar-refractivity contribution in [2.75, 3.05) is 32.1 Å². The van der Waals surface area contributed by atoms with Gasteiger partial charge < -0.3 is 15.0 Å². The number of nitriles is 1. The number of nitrogens with zero attached hydrogens (tertiary/aromatic N) is 5. The van der Waals surface area contributed by atoms with Crippen LogP contribution in [0.2, 0.25) is 0 Å². The largest absolute Gasteiger partial charge is 0.496 e. The second-order valence-corrected chi connectivity index (χ2v) is 7.81. The van der Waals surface area contributed by atoms with E-state index in [0.29, 0.717) is 11.6 Å². The molecule has 0 atom stereocenters. The Kier molecular flexibility index (Phi) is 6.43. The van der Waals surface area contributed by atoms with Crippen molar-refractivity contribution in [1.29, 1.82) is 5.26 Å². The van der Waals surface area contributed by atoms with E-state index in [1.165, 1.54) is 43.9 Å². The van der Waals surface area contributed by atoms with Crippen molar-refractivity contribution in [3.63, 3.8) is 0 Å². The molecule has 0 spiro atoms. The number of likely N-dealkylation sites (tertiary alicyclic amines) is 1. The topological polar surface area (TPSA) is 103 Å². The van der Waals surface area contributed by atoms with E-state index in [1.807, 2.05) is 12.1 Å². The molecular formula is C23H27N7O. The van der Waals surface area contributed by atoms with Gasteiger partial charge in [0, 0.05) is 11.6 Å². The van der Waals surface area contributed by atoms with Crippen LogP contribution in [0, 0.1) is 17.2 Å². The summed E-state index contributed by atoms with van der Waals surface area (Å²) in [6, 6.07) is 10.3. The number of hydrogen-bond donors (Lipinski definition) is 2. The van der Waals surface area contributed by atoms with Crippen molar-refractivity contribution < 1.29 is 4.74 Å². The average Bonchev–Trinajstić information content (AvgIpc) is 3.28. The van der Waals surface area contributed by atoms with Crippen LogP contribution in [0.25, 0.3) is 11.3 Å². The minimum atomic E-state index is 0.272. The summed E-state index contributed by atoms with van der Waals surface area (Å²) >= 11 is 0. The van der Waals surface area contributed by atoms with Gasteiger partial charge in [-0.2, -0.15) is 10.4 Å². The molecule has 8 heteroatoms. The fraction of sp³-hybridized carbons (Fsp3) is 0.391. The SMILES string of the molecule is CCN1CCC(Cc2ccc(-c3cc(Nc4cnc(C#N)cn4)n[nH]3)c(OC)c2)CC1. The van der Waals surface area contributed by atoms with Gasteiger partial charge in [0.1, 0.15) is 17.6 Å². The Labute approximate surface area is 182 Å².